The molecule has 1 amide bonds. The zero-order chi connectivity index (χ0) is 20.9. The fraction of sp³-hybridized carbons (Fsp3) is 0.211. The molecular weight excluding hydrogens is 428 g/mol. The summed E-state index contributed by atoms with van der Waals surface area (Å²) < 4.78 is 26.6. The fourth-order valence-electron chi connectivity index (χ4n) is 2.53. The van der Waals surface area contributed by atoms with E-state index in [2.05, 4.69) is 15.5 Å². The van der Waals surface area contributed by atoms with Crippen molar-refractivity contribution in [2.45, 2.75) is 17.8 Å². The van der Waals surface area contributed by atoms with E-state index in [1.165, 1.54) is 21.9 Å². The molecule has 0 spiro atoms. The maximum absolute atomic E-state index is 12.4. The summed E-state index contributed by atoms with van der Waals surface area (Å²) in [6.45, 7) is 2.20. The molecule has 0 bridgehead atoms. The van der Waals surface area contributed by atoms with E-state index in [1.807, 2.05) is 13.0 Å². The molecule has 2 aromatic carbocycles. The molecule has 0 atom stereocenters. The second-order valence-electron chi connectivity index (χ2n) is 6.06. The van der Waals surface area contributed by atoms with Crippen LogP contribution in [0.4, 0.5) is 10.8 Å². The van der Waals surface area contributed by atoms with E-state index in [-0.39, 0.29) is 12.5 Å². The second-order valence-corrected chi connectivity index (χ2v) is 10.5. The molecule has 0 saturated carbocycles. The first kappa shape index (κ1) is 21.3. The van der Waals surface area contributed by atoms with Crippen molar-refractivity contribution in [2.75, 3.05) is 21.6 Å². The standard InChI is InChI=1S/C19H20N4O3S3/c1-3-27-19-22-21-18(28-19)20-17(24)15-11-9-14(10-12-15)13-23(29(2,25)26)16-7-5-4-6-8-16/h4-12H,3,13H2,1-2H3,(H,20,21,24). The minimum atomic E-state index is -3.45. The maximum atomic E-state index is 12.4. The van der Waals surface area contributed by atoms with E-state index in [4.69, 9.17) is 0 Å². The molecule has 0 aliphatic rings. The molecule has 0 radical (unpaired) electrons. The second kappa shape index (κ2) is 9.38. The van der Waals surface area contributed by atoms with Gasteiger partial charge >= 0.3 is 0 Å². The lowest BCUT2D eigenvalue weighted by Crippen LogP contribution is -2.29. The Morgan fingerprint density at radius 2 is 1.79 bits per heavy atom. The molecule has 0 saturated heterocycles. The smallest absolute Gasteiger partial charge is 0.257 e. The van der Waals surface area contributed by atoms with Gasteiger partial charge in [-0.05, 0) is 35.6 Å². The van der Waals surface area contributed by atoms with E-state index < -0.39 is 10.0 Å². The van der Waals surface area contributed by atoms with Crippen LogP contribution in [-0.4, -0.2) is 36.5 Å². The molecule has 0 aliphatic carbocycles. The van der Waals surface area contributed by atoms with Crippen molar-refractivity contribution in [1.29, 1.82) is 0 Å². The van der Waals surface area contributed by atoms with Crippen LogP contribution in [-0.2, 0) is 16.6 Å². The number of carbonyl (C=O) groups is 1. The highest BCUT2D eigenvalue weighted by Gasteiger charge is 2.18. The third-order valence-electron chi connectivity index (χ3n) is 3.88. The summed E-state index contributed by atoms with van der Waals surface area (Å²) in [6, 6.07) is 15.7. The minimum Gasteiger partial charge on any atom is -0.296 e. The van der Waals surface area contributed by atoms with E-state index in [9.17, 15) is 13.2 Å². The van der Waals surface area contributed by atoms with Crippen LogP contribution < -0.4 is 9.62 Å². The zero-order valence-corrected chi connectivity index (χ0v) is 18.4. The van der Waals surface area contributed by atoms with Crippen LogP contribution in [0.1, 0.15) is 22.8 Å². The van der Waals surface area contributed by atoms with Gasteiger partial charge in [0.1, 0.15) is 0 Å². The molecular formula is C19H20N4O3S3. The number of benzene rings is 2. The van der Waals surface area contributed by atoms with Crippen LogP contribution in [0.3, 0.4) is 0 Å². The molecule has 1 aromatic heterocycles. The topological polar surface area (TPSA) is 92.3 Å². The number of carbonyl (C=O) groups excluding carboxylic acids is 1. The first-order valence-electron chi connectivity index (χ1n) is 8.76. The number of hydrogen-bond acceptors (Lipinski definition) is 7. The molecule has 0 aliphatic heterocycles. The number of thioether (sulfide) groups is 1. The van der Waals surface area contributed by atoms with Gasteiger partial charge < -0.3 is 0 Å². The fourth-order valence-corrected chi connectivity index (χ4v) is 5.07. The predicted molar refractivity (Wildman–Crippen MR) is 118 cm³/mol. The molecule has 1 N–H and O–H groups in total. The third-order valence-corrected chi connectivity index (χ3v) is 6.88. The van der Waals surface area contributed by atoms with Gasteiger partial charge in [0.25, 0.3) is 5.91 Å². The van der Waals surface area contributed by atoms with Gasteiger partial charge in [-0.1, -0.05) is 60.4 Å². The van der Waals surface area contributed by atoms with Crippen LogP contribution in [0, 0.1) is 0 Å². The van der Waals surface area contributed by atoms with Gasteiger partial charge in [0.15, 0.2) is 4.34 Å². The Morgan fingerprint density at radius 3 is 2.41 bits per heavy atom. The highest BCUT2D eigenvalue weighted by Crippen LogP contribution is 2.25. The van der Waals surface area contributed by atoms with Gasteiger partial charge in [0, 0.05) is 5.56 Å². The quantitative estimate of drug-likeness (QED) is 0.415. The Balaban J connectivity index is 1.70. The monoisotopic (exact) mass is 448 g/mol. The molecule has 29 heavy (non-hydrogen) atoms. The lowest BCUT2D eigenvalue weighted by atomic mass is 10.1. The van der Waals surface area contributed by atoms with Crippen molar-refractivity contribution in [1.82, 2.24) is 10.2 Å². The summed E-state index contributed by atoms with van der Waals surface area (Å²) in [5.41, 5.74) is 1.82. The Bertz CT molecular complexity index is 1070. The van der Waals surface area contributed by atoms with Crippen molar-refractivity contribution >= 4 is 49.8 Å². The highest BCUT2D eigenvalue weighted by molar-refractivity contribution is 8.01. The van der Waals surface area contributed by atoms with Gasteiger partial charge in [0.2, 0.25) is 15.2 Å². The Labute approximate surface area is 178 Å². The summed E-state index contributed by atoms with van der Waals surface area (Å²) in [6.07, 6.45) is 1.18. The summed E-state index contributed by atoms with van der Waals surface area (Å²) >= 11 is 2.89. The van der Waals surface area contributed by atoms with Gasteiger partial charge in [-0.3, -0.25) is 14.4 Å². The summed E-state index contributed by atoms with van der Waals surface area (Å²) in [7, 11) is -3.45. The lowest BCUT2D eigenvalue weighted by Gasteiger charge is -2.22. The number of para-hydroxylation sites is 1. The first-order chi connectivity index (χ1) is 13.9. The average Bonchev–Trinajstić information content (AvgIpc) is 3.13. The van der Waals surface area contributed by atoms with E-state index in [1.54, 1.807) is 60.3 Å². The molecule has 0 unspecified atom stereocenters. The Kier molecular flexibility index (Phi) is 6.88. The lowest BCUT2D eigenvalue weighted by molar-refractivity contribution is 0.102. The van der Waals surface area contributed by atoms with Gasteiger partial charge in [-0.15, -0.1) is 10.2 Å². The van der Waals surface area contributed by atoms with Gasteiger partial charge in [-0.25, -0.2) is 8.42 Å². The Morgan fingerprint density at radius 1 is 1.10 bits per heavy atom. The van der Waals surface area contributed by atoms with Gasteiger partial charge in [0.05, 0.1) is 18.5 Å². The van der Waals surface area contributed by atoms with Crippen molar-refractivity contribution in [3.8, 4) is 0 Å². The molecule has 0 fully saturated rings. The molecule has 10 heteroatoms. The van der Waals surface area contributed by atoms with Crippen molar-refractivity contribution in [3.05, 3.63) is 65.7 Å². The zero-order valence-electron chi connectivity index (χ0n) is 15.9. The summed E-state index contributed by atoms with van der Waals surface area (Å²) in [4.78, 5) is 12.4. The molecule has 152 valence electrons. The van der Waals surface area contributed by atoms with Crippen LogP contribution in [0.2, 0.25) is 0 Å². The number of nitrogens with one attached hydrogen (secondary N) is 1. The maximum Gasteiger partial charge on any atom is 0.257 e. The first-order valence-corrected chi connectivity index (χ1v) is 12.4. The number of amides is 1. The SMILES string of the molecule is CCSc1nnc(NC(=O)c2ccc(CN(c3ccccc3)S(C)(=O)=O)cc2)s1. The molecule has 3 rings (SSSR count). The van der Waals surface area contributed by atoms with Crippen LogP contribution in [0.15, 0.2) is 58.9 Å². The largest absolute Gasteiger partial charge is 0.296 e. The van der Waals surface area contributed by atoms with Crippen LogP contribution in [0.25, 0.3) is 0 Å². The van der Waals surface area contributed by atoms with Crippen LogP contribution >= 0.6 is 23.1 Å². The number of sulfonamides is 1. The van der Waals surface area contributed by atoms with Crippen molar-refractivity contribution in [3.63, 3.8) is 0 Å². The number of rotatable bonds is 8. The molecule has 1 heterocycles. The van der Waals surface area contributed by atoms with Gasteiger partial charge in [-0.2, -0.15) is 0 Å². The minimum absolute atomic E-state index is 0.179. The van der Waals surface area contributed by atoms with E-state index in [0.29, 0.717) is 16.4 Å². The number of hydrogen-bond donors (Lipinski definition) is 1. The van der Waals surface area contributed by atoms with Crippen molar-refractivity contribution in [2.24, 2.45) is 0 Å². The Hall–Kier alpha value is -2.43. The number of nitrogens with zero attached hydrogens (tertiary/aromatic N) is 3. The molecule has 3 aromatic rings. The number of aromatic nitrogens is 2. The normalized spacial score (nSPS) is 11.2. The summed E-state index contributed by atoms with van der Waals surface area (Å²) in [5, 5.41) is 11.1. The number of anilines is 2. The predicted octanol–water partition coefficient (Wildman–Crippen LogP) is 3.87. The summed E-state index contributed by atoms with van der Waals surface area (Å²) in [5.74, 6) is 0.598. The third kappa shape index (κ3) is 5.78. The van der Waals surface area contributed by atoms with Crippen molar-refractivity contribution < 1.29 is 13.2 Å². The average molecular weight is 449 g/mol. The highest BCUT2D eigenvalue weighted by atomic mass is 32.2. The van der Waals surface area contributed by atoms with E-state index in [0.717, 1.165) is 15.7 Å². The van der Waals surface area contributed by atoms with E-state index >= 15 is 0 Å². The molecule has 7 nitrogen and oxygen atoms in total. The van der Waals surface area contributed by atoms with Crippen LogP contribution in [0.5, 0.6) is 0 Å².